The van der Waals surface area contributed by atoms with Crippen molar-refractivity contribution < 1.29 is 14.8 Å². The van der Waals surface area contributed by atoms with Crippen molar-refractivity contribution in [2.75, 3.05) is 54.0 Å². The number of aromatic nitrogens is 2. The lowest BCUT2D eigenvalue weighted by molar-refractivity contribution is -0.383. The molecular formula is C20H24N6O4. The summed E-state index contributed by atoms with van der Waals surface area (Å²) in [6.07, 6.45) is 2.26. The third kappa shape index (κ3) is 3.98. The van der Waals surface area contributed by atoms with Crippen molar-refractivity contribution in [3.63, 3.8) is 0 Å². The average molecular weight is 412 g/mol. The van der Waals surface area contributed by atoms with Gasteiger partial charge in [0.15, 0.2) is 0 Å². The third-order valence-electron chi connectivity index (χ3n) is 5.81. The van der Waals surface area contributed by atoms with Crippen LogP contribution in [0.3, 0.4) is 0 Å². The molecule has 1 aromatic carbocycles. The van der Waals surface area contributed by atoms with Gasteiger partial charge in [0, 0.05) is 45.0 Å². The molecule has 0 spiro atoms. The van der Waals surface area contributed by atoms with E-state index >= 15 is 0 Å². The maximum atomic E-state index is 12.0. The molecule has 0 atom stereocenters. The van der Waals surface area contributed by atoms with Gasteiger partial charge in [0.05, 0.1) is 10.8 Å². The van der Waals surface area contributed by atoms with E-state index in [0.29, 0.717) is 44.8 Å². The molecular weight excluding hydrogens is 388 g/mol. The maximum absolute atomic E-state index is 12.0. The molecule has 2 aromatic rings. The van der Waals surface area contributed by atoms with Crippen molar-refractivity contribution in [3.05, 3.63) is 46.8 Å². The number of hydrogen-bond donors (Lipinski definition) is 1. The Labute approximate surface area is 173 Å². The number of carboxylic acids is 1. The summed E-state index contributed by atoms with van der Waals surface area (Å²) in [5.74, 6) is -0.617. The second-order valence-corrected chi connectivity index (χ2v) is 7.54. The number of anilines is 3. The zero-order valence-electron chi connectivity index (χ0n) is 16.6. The van der Waals surface area contributed by atoms with E-state index in [1.165, 1.54) is 6.33 Å². The average Bonchev–Trinajstić information content (AvgIpc) is 2.79. The Kier molecular flexibility index (Phi) is 5.64. The highest BCUT2D eigenvalue weighted by Gasteiger charge is 2.34. The van der Waals surface area contributed by atoms with Gasteiger partial charge in [-0.1, -0.05) is 18.2 Å². The largest absolute Gasteiger partial charge is 0.481 e. The monoisotopic (exact) mass is 412 g/mol. The zero-order chi connectivity index (χ0) is 21.1. The minimum Gasteiger partial charge on any atom is -0.481 e. The molecule has 0 bridgehead atoms. The standard InChI is InChI=1S/C20H24N6O4/c27-20(28)15-6-8-24(9-7-15)18-17(26(29)30)19(22-14-21-18)25-12-10-23(11-13-25)16-4-2-1-3-5-16/h1-5,14-15H,6-13H2,(H,27,28). The number of aliphatic carboxylic acids is 1. The Morgan fingerprint density at radius 1 is 0.933 bits per heavy atom. The van der Waals surface area contributed by atoms with E-state index in [1.54, 1.807) is 0 Å². The minimum atomic E-state index is -0.816. The van der Waals surface area contributed by atoms with Crippen LogP contribution in [-0.4, -0.2) is 65.2 Å². The van der Waals surface area contributed by atoms with Crippen molar-refractivity contribution in [2.24, 2.45) is 5.92 Å². The van der Waals surface area contributed by atoms with Crippen LogP contribution in [0.2, 0.25) is 0 Å². The molecule has 1 N–H and O–H groups in total. The molecule has 1 aromatic heterocycles. The van der Waals surface area contributed by atoms with E-state index in [9.17, 15) is 20.0 Å². The Bertz CT molecular complexity index is 909. The van der Waals surface area contributed by atoms with Crippen LogP contribution in [-0.2, 0) is 4.79 Å². The van der Waals surface area contributed by atoms with Crippen LogP contribution >= 0.6 is 0 Å². The highest BCUT2D eigenvalue weighted by Crippen LogP contribution is 2.36. The number of rotatable bonds is 5. The number of piperazine rings is 1. The molecule has 2 aliphatic heterocycles. The van der Waals surface area contributed by atoms with Crippen molar-refractivity contribution >= 4 is 29.0 Å². The number of benzene rings is 1. The zero-order valence-corrected chi connectivity index (χ0v) is 16.6. The highest BCUT2D eigenvalue weighted by atomic mass is 16.6. The summed E-state index contributed by atoms with van der Waals surface area (Å²) < 4.78 is 0. The van der Waals surface area contributed by atoms with E-state index < -0.39 is 16.8 Å². The van der Waals surface area contributed by atoms with Gasteiger partial charge < -0.3 is 19.8 Å². The first kappa shape index (κ1) is 19.9. The molecule has 0 radical (unpaired) electrons. The quantitative estimate of drug-likeness (QED) is 0.581. The molecule has 2 fully saturated rings. The SMILES string of the molecule is O=C(O)C1CCN(c2ncnc(N3CCN(c4ccccc4)CC3)c2[N+](=O)[O-])CC1. The fourth-order valence-corrected chi connectivity index (χ4v) is 4.14. The van der Waals surface area contributed by atoms with Crippen LogP contribution in [0.4, 0.5) is 23.0 Å². The van der Waals surface area contributed by atoms with Gasteiger partial charge in [0.1, 0.15) is 6.33 Å². The molecule has 30 heavy (non-hydrogen) atoms. The first-order chi connectivity index (χ1) is 14.5. The van der Waals surface area contributed by atoms with E-state index in [1.807, 2.05) is 28.0 Å². The van der Waals surface area contributed by atoms with Gasteiger partial charge in [-0.15, -0.1) is 0 Å². The predicted molar refractivity (Wildman–Crippen MR) is 112 cm³/mol. The molecule has 158 valence electrons. The van der Waals surface area contributed by atoms with Gasteiger partial charge in [-0.2, -0.15) is 0 Å². The van der Waals surface area contributed by atoms with Crippen molar-refractivity contribution in [2.45, 2.75) is 12.8 Å². The van der Waals surface area contributed by atoms with Crippen LogP contribution in [0.15, 0.2) is 36.7 Å². The summed E-state index contributed by atoms with van der Waals surface area (Å²) in [6, 6.07) is 10.1. The molecule has 0 saturated carbocycles. The number of carboxylic acid groups (broad SMARTS) is 1. The Hall–Kier alpha value is -3.43. The van der Waals surface area contributed by atoms with Crippen molar-refractivity contribution in [3.8, 4) is 0 Å². The van der Waals surface area contributed by atoms with E-state index in [0.717, 1.165) is 18.8 Å². The van der Waals surface area contributed by atoms with Crippen molar-refractivity contribution in [1.82, 2.24) is 9.97 Å². The number of nitrogens with zero attached hydrogens (tertiary/aromatic N) is 6. The van der Waals surface area contributed by atoms with Crippen LogP contribution in [0.25, 0.3) is 0 Å². The number of hydrogen-bond acceptors (Lipinski definition) is 8. The molecule has 3 heterocycles. The Morgan fingerprint density at radius 3 is 2.00 bits per heavy atom. The smallest absolute Gasteiger partial charge is 0.353 e. The highest BCUT2D eigenvalue weighted by molar-refractivity contribution is 5.73. The topological polar surface area (TPSA) is 116 Å². The number of carbonyl (C=O) groups is 1. The molecule has 0 aliphatic carbocycles. The summed E-state index contributed by atoms with van der Waals surface area (Å²) >= 11 is 0. The van der Waals surface area contributed by atoms with Gasteiger partial charge in [-0.05, 0) is 25.0 Å². The Balaban J connectivity index is 1.53. The van der Waals surface area contributed by atoms with Gasteiger partial charge in [0.25, 0.3) is 0 Å². The normalized spacial score (nSPS) is 17.8. The molecule has 2 saturated heterocycles. The fraction of sp³-hybridized carbons (Fsp3) is 0.450. The number of nitro groups is 1. The maximum Gasteiger partial charge on any atom is 0.353 e. The van der Waals surface area contributed by atoms with E-state index in [2.05, 4.69) is 27.0 Å². The molecule has 2 aliphatic rings. The van der Waals surface area contributed by atoms with Crippen LogP contribution in [0.5, 0.6) is 0 Å². The second kappa shape index (κ2) is 8.52. The second-order valence-electron chi connectivity index (χ2n) is 7.54. The lowest BCUT2D eigenvalue weighted by Gasteiger charge is -2.37. The first-order valence-corrected chi connectivity index (χ1v) is 10.1. The lowest BCUT2D eigenvalue weighted by atomic mass is 9.97. The molecule has 0 amide bonds. The summed E-state index contributed by atoms with van der Waals surface area (Å²) in [4.78, 5) is 37.2. The fourth-order valence-electron chi connectivity index (χ4n) is 4.14. The van der Waals surface area contributed by atoms with Gasteiger partial charge in [-0.25, -0.2) is 9.97 Å². The van der Waals surface area contributed by atoms with Crippen LogP contribution in [0, 0.1) is 16.0 Å². The van der Waals surface area contributed by atoms with Crippen LogP contribution < -0.4 is 14.7 Å². The first-order valence-electron chi connectivity index (χ1n) is 10.1. The van der Waals surface area contributed by atoms with Gasteiger partial charge in [0.2, 0.25) is 11.6 Å². The third-order valence-corrected chi connectivity index (χ3v) is 5.81. The Morgan fingerprint density at radius 2 is 1.47 bits per heavy atom. The summed E-state index contributed by atoms with van der Waals surface area (Å²) in [5.41, 5.74) is 1.04. The summed E-state index contributed by atoms with van der Waals surface area (Å²) in [6.45, 7) is 3.57. The van der Waals surface area contributed by atoms with Gasteiger partial charge in [-0.3, -0.25) is 14.9 Å². The molecule has 10 nitrogen and oxygen atoms in total. The van der Waals surface area contributed by atoms with Crippen molar-refractivity contribution in [1.29, 1.82) is 0 Å². The predicted octanol–water partition coefficient (Wildman–Crippen LogP) is 2.01. The number of piperidine rings is 1. The molecule has 10 heteroatoms. The van der Waals surface area contributed by atoms with Gasteiger partial charge >= 0.3 is 11.7 Å². The summed E-state index contributed by atoms with van der Waals surface area (Å²) in [7, 11) is 0. The molecule has 4 rings (SSSR count). The van der Waals surface area contributed by atoms with E-state index in [-0.39, 0.29) is 11.5 Å². The summed E-state index contributed by atoms with van der Waals surface area (Å²) in [5, 5.41) is 21.1. The van der Waals surface area contributed by atoms with E-state index in [4.69, 9.17) is 0 Å². The molecule has 0 unspecified atom stereocenters. The lowest BCUT2D eigenvalue weighted by Crippen LogP contribution is -2.47. The van der Waals surface area contributed by atoms with Crippen LogP contribution in [0.1, 0.15) is 12.8 Å². The minimum absolute atomic E-state index is 0.0977. The number of para-hydroxylation sites is 1.